The van der Waals surface area contributed by atoms with Crippen molar-refractivity contribution in [3.63, 3.8) is 0 Å². The van der Waals surface area contributed by atoms with E-state index in [0.717, 1.165) is 12.8 Å². The maximum atomic E-state index is 3.76. The Labute approximate surface area is 128 Å². The van der Waals surface area contributed by atoms with E-state index in [1.165, 1.54) is 51.4 Å². The van der Waals surface area contributed by atoms with Gasteiger partial charge in [0.1, 0.15) is 0 Å². The fourth-order valence-electron chi connectivity index (χ4n) is 1.21. The summed E-state index contributed by atoms with van der Waals surface area (Å²) in [5, 5.41) is 0. The van der Waals surface area contributed by atoms with Crippen molar-refractivity contribution in [2.24, 2.45) is 0 Å². The number of rotatable bonds is 8. The predicted octanol–water partition coefficient (Wildman–Crippen LogP) is 3.93. The zero-order valence-electron chi connectivity index (χ0n) is 12.0. The summed E-state index contributed by atoms with van der Waals surface area (Å²) in [5.41, 5.74) is 0. The van der Waals surface area contributed by atoms with E-state index >= 15 is 0 Å². The molecule has 0 unspecified atom stereocenters. The van der Waals surface area contributed by atoms with Gasteiger partial charge in [0.15, 0.2) is 0 Å². The van der Waals surface area contributed by atoms with Crippen molar-refractivity contribution in [2.75, 3.05) is 0 Å². The molecule has 0 aromatic carbocycles. The van der Waals surface area contributed by atoms with Crippen LogP contribution in [0.4, 0.5) is 0 Å². The van der Waals surface area contributed by atoms with Gasteiger partial charge in [-0.3, -0.25) is 0 Å². The van der Waals surface area contributed by atoms with Crippen molar-refractivity contribution in [3.05, 3.63) is 13.8 Å². The molecule has 4 N–H and O–H groups in total. The van der Waals surface area contributed by atoms with Gasteiger partial charge in [-0.25, -0.2) is 0 Å². The second kappa shape index (κ2) is 36.0. The molecule has 0 bridgehead atoms. The Kier molecular flexibility index (Phi) is 64.8. The molecule has 0 aromatic heterocycles. The first-order chi connectivity index (χ1) is 6.83. The summed E-state index contributed by atoms with van der Waals surface area (Å²) < 4.78 is 0. The summed E-state index contributed by atoms with van der Waals surface area (Å²) in [5.74, 6) is 0. The summed E-state index contributed by atoms with van der Waals surface area (Å²) in [6.45, 7) is 12.0. The summed E-state index contributed by atoms with van der Waals surface area (Å²) in [4.78, 5) is 0. The molecule has 108 valence electrons. The molecule has 0 aromatic rings. The van der Waals surface area contributed by atoms with E-state index in [1.54, 1.807) is 0 Å². The standard InChI is InChI=1S/2C7H15.Hf.2H2O/c2*1-3-5-7-6-4-2;;;/h2*1,3-7H2,2H3;;2*1H2/q2*-1;;;. The van der Waals surface area contributed by atoms with Crippen molar-refractivity contribution in [1.82, 2.24) is 0 Å². The van der Waals surface area contributed by atoms with Crippen molar-refractivity contribution >= 4 is 0 Å². The molecule has 0 heterocycles. The first kappa shape index (κ1) is 30.7. The number of hydrogen-bond donors (Lipinski definition) is 0. The Morgan fingerprint density at radius 2 is 0.882 bits per heavy atom. The van der Waals surface area contributed by atoms with Gasteiger partial charge in [0.25, 0.3) is 0 Å². The molecule has 2 nitrogen and oxygen atoms in total. The van der Waals surface area contributed by atoms with Crippen LogP contribution in [0.3, 0.4) is 0 Å². The van der Waals surface area contributed by atoms with Crippen LogP contribution in [0.25, 0.3) is 0 Å². The zero-order chi connectivity index (χ0) is 11.1. The predicted molar refractivity (Wildman–Crippen MR) is 75.5 cm³/mol. The Hall–Kier alpha value is 0.790. The quantitative estimate of drug-likeness (QED) is 0.329. The van der Waals surface area contributed by atoms with Crippen LogP contribution in [0.2, 0.25) is 0 Å². The second-order valence-corrected chi connectivity index (χ2v) is 3.83. The van der Waals surface area contributed by atoms with Crippen molar-refractivity contribution < 1.29 is 36.8 Å². The van der Waals surface area contributed by atoms with Crippen LogP contribution < -0.4 is 0 Å². The van der Waals surface area contributed by atoms with Gasteiger partial charge >= 0.3 is 0 Å². The van der Waals surface area contributed by atoms with Crippen LogP contribution in [0.15, 0.2) is 0 Å². The van der Waals surface area contributed by atoms with E-state index in [4.69, 9.17) is 0 Å². The van der Waals surface area contributed by atoms with Gasteiger partial charge in [0.2, 0.25) is 0 Å². The fourth-order valence-corrected chi connectivity index (χ4v) is 1.21. The van der Waals surface area contributed by atoms with E-state index in [0.29, 0.717) is 0 Å². The maximum Gasteiger partial charge on any atom is 0 e. The molecule has 0 amide bonds. The third kappa shape index (κ3) is 47.5. The Morgan fingerprint density at radius 1 is 0.588 bits per heavy atom. The van der Waals surface area contributed by atoms with Crippen molar-refractivity contribution in [3.8, 4) is 0 Å². The van der Waals surface area contributed by atoms with Crippen molar-refractivity contribution in [1.29, 1.82) is 0 Å². The van der Waals surface area contributed by atoms with Gasteiger partial charge < -0.3 is 24.8 Å². The average Bonchev–Trinajstić information content (AvgIpc) is 2.21. The maximum absolute atomic E-state index is 3.76. The van der Waals surface area contributed by atoms with Crippen LogP contribution in [0.5, 0.6) is 0 Å². The first-order valence-electron chi connectivity index (χ1n) is 6.41. The molecule has 17 heavy (non-hydrogen) atoms. The van der Waals surface area contributed by atoms with Crippen LogP contribution in [-0.4, -0.2) is 11.0 Å². The molecule has 0 aliphatic carbocycles. The molecule has 0 saturated carbocycles. The minimum atomic E-state index is 0. The topological polar surface area (TPSA) is 63.0 Å². The Bertz CT molecular complexity index is 62.6. The molecule has 0 rings (SSSR count). The molecular formula is C14H34HfO2-2. The summed E-state index contributed by atoms with van der Waals surface area (Å²) in [6, 6.07) is 0. The molecule has 0 radical (unpaired) electrons. The second-order valence-electron chi connectivity index (χ2n) is 3.83. The van der Waals surface area contributed by atoms with E-state index < -0.39 is 0 Å². The minimum absolute atomic E-state index is 0. The third-order valence-corrected chi connectivity index (χ3v) is 2.21. The van der Waals surface area contributed by atoms with Gasteiger partial charge in [-0.05, 0) is 0 Å². The SMILES string of the molecule is O.O.[CH2-]CCCCCC.[CH2-]CCCCCC.[Hf]. The van der Waals surface area contributed by atoms with Crippen LogP contribution in [0.1, 0.15) is 78.1 Å². The Balaban J connectivity index is -0.0000000480. The molecular weight excluding hydrogens is 379 g/mol. The number of hydrogen-bond acceptors (Lipinski definition) is 0. The molecule has 3 heteroatoms. The van der Waals surface area contributed by atoms with Crippen LogP contribution >= 0.6 is 0 Å². The molecule has 0 saturated heterocycles. The fraction of sp³-hybridized carbons (Fsp3) is 0.857. The molecule has 0 aliphatic rings. The van der Waals surface area contributed by atoms with Gasteiger partial charge in [0, 0.05) is 25.8 Å². The average molecular weight is 413 g/mol. The summed E-state index contributed by atoms with van der Waals surface area (Å²) in [7, 11) is 0. The van der Waals surface area contributed by atoms with E-state index in [1.807, 2.05) is 0 Å². The van der Waals surface area contributed by atoms with E-state index in [2.05, 4.69) is 27.7 Å². The van der Waals surface area contributed by atoms with E-state index in [-0.39, 0.29) is 36.8 Å². The molecule has 0 fully saturated rings. The molecule has 0 atom stereocenters. The smallest absolute Gasteiger partial charge is 0 e. The largest absolute Gasteiger partial charge is 0.412 e. The normalized spacial score (nSPS) is 7.76. The van der Waals surface area contributed by atoms with Gasteiger partial charge in [-0.15, -0.1) is 0 Å². The zero-order valence-corrected chi connectivity index (χ0v) is 15.6. The summed E-state index contributed by atoms with van der Waals surface area (Å²) >= 11 is 0. The summed E-state index contributed by atoms with van der Waals surface area (Å²) in [6.07, 6.45) is 13.0. The van der Waals surface area contributed by atoms with Gasteiger partial charge in [0.05, 0.1) is 0 Å². The van der Waals surface area contributed by atoms with E-state index in [9.17, 15) is 0 Å². The molecule has 0 aliphatic heterocycles. The van der Waals surface area contributed by atoms with Gasteiger partial charge in [-0.1, -0.05) is 65.2 Å². The molecule has 0 spiro atoms. The van der Waals surface area contributed by atoms with Gasteiger partial charge in [-0.2, -0.15) is 12.8 Å². The van der Waals surface area contributed by atoms with Crippen LogP contribution in [-0.2, 0) is 25.8 Å². The third-order valence-electron chi connectivity index (χ3n) is 2.21. The number of unbranched alkanes of at least 4 members (excludes halogenated alkanes) is 8. The first-order valence-corrected chi connectivity index (χ1v) is 6.41. The van der Waals surface area contributed by atoms with Crippen molar-refractivity contribution in [2.45, 2.75) is 78.1 Å². The monoisotopic (exact) mass is 414 g/mol. The minimum Gasteiger partial charge on any atom is -0.412 e. The van der Waals surface area contributed by atoms with Crippen LogP contribution in [0, 0.1) is 13.8 Å². The Morgan fingerprint density at radius 3 is 1.06 bits per heavy atom.